The van der Waals surface area contributed by atoms with Crippen molar-refractivity contribution in [3.8, 4) is 22.9 Å². The Hall–Kier alpha value is -3.07. The molecule has 0 atom stereocenters. The fourth-order valence-corrected chi connectivity index (χ4v) is 3.06. The molecule has 2 aromatic heterocycles. The van der Waals surface area contributed by atoms with Gasteiger partial charge in [-0.25, -0.2) is 0 Å². The number of benzene rings is 1. The van der Waals surface area contributed by atoms with Crippen LogP contribution in [0.5, 0.6) is 11.5 Å². The van der Waals surface area contributed by atoms with Gasteiger partial charge in [0, 0.05) is 11.8 Å². The summed E-state index contributed by atoms with van der Waals surface area (Å²) in [5.74, 6) is 2.78. The van der Waals surface area contributed by atoms with E-state index in [1.54, 1.807) is 32.5 Å². The third-order valence-corrected chi connectivity index (χ3v) is 4.68. The van der Waals surface area contributed by atoms with Crippen molar-refractivity contribution in [2.75, 3.05) is 20.0 Å². The SMILES string of the molecule is COc1ccc(-c2noc(CSCC(=O)NCc3ccccn3)n2)cc1OC. The van der Waals surface area contributed by atoms with Crippen molar-refractivity contribution in [2.45, 2.75) is 12.3 Å². The summed E-state index contributed by atoms with van der Waals surface area (Å²) in [5.41, 5.74) is 1.57. The first-order chi connectivity index (χ1) is 13.7. The van der Waals surface area contributed by atoms with Crippen LogP contribution in [0.4, 0.5) is 0 Å². The molecule has 0 fully saturated rings. The van der Waals surface area contributed by atoms with Crippen LogP contribution < -0.4 is 14.8 Å². The monoisotopic (exact) mass is 400 g/mol. The number of carbonyl (C=O) groups is 1. The van der Waals surface area contributed by atoms with Gasteiger partial charge in [0.2, 0.25) is 17.6 Å². The lowest BCUT2D eigenvalue weighted by molar-refractivity contribution is -0.118. The zero-order chi connectivity index (χ0) is 19.8. The van der Waals surface area contributed by atoms with Crippen LogP contribution in [-0.4, -0.2) is 41.0 Å². The molecule has 0 radical (unpaired) electrons. The van der Waals surface area contributed by atoms with E-state index in [9.17, 15) is 4.79 Å². The second-order valence-electron chi connectivity index (χ2n) is 5.67. The lowest BCUT2D eigenvalue weighted by Crippen LogP contribution is -2.25. The maximum atomic E-state index is 11.9. The minimum Gasteiger partial charge on any atom is -0.493 e. The number of carbonyl (C=O) groups excluding carboxylic acids is 1. The number of rotatable bonds is 9. The van der Waals surface area contributed by atoms with Gasteiger partial charge in [-0.2, -0.15) is 4.98 Å². The molecule has 2 heterocycles. The number of ether oxygens (including phenoxy) is 2. The number of nitrogens with one attached hydrogen (secondary N) is 1. The molecule has 0 saturated heterocycles. The molecule has 0 aliphatic rings. The number of hydrogen-bond acceptors (Lipinski definition) is 8. The third kappa shape index (κ3) is 5.23. The molecule has 0 saturated carbocycles. The predicted octanol–water partition coefficient (Wildman–Crippen LogP) is 2.70. The van der Waals surface area contributed by atoms with Gasteiger partial charge in [-0.1, -0.05) is 11.2 Å². The minimum absolute atomic E-state index is 0.0738. The van der Waals surface area contributed by atoms with Crippen molar-refractivity contribution in [1.82, 2.24) is 20.4 Å². The van der Waals surface area contributed by atoms with Crippen molar-refractivity contribution in [3.05, 3.63) is 54.2 Å². The first-order valence-corrected chi connectivity index (χ1v) is 9.64. The highest BCUT2D eigenvalue weighted by atomic mass is 32.2. The number of thioether (sulfide) groups is 1. The van der Waals surface area contributed by atoms with Gasteiger partial charge in [0.25, 0.3) is 0 Å². The first kappa shape index (κ1) is 19.7. The zero-order valence-corrected chi connectivity index (χ0v) is 16.4. The van der Waals surface area contributed by atoms with E-state index in [4.69, 9.17) is 14.0 Å². The molecule has 0 aliphatic heterocycles. The van der Waals surface area contributed by atoms with Gasteiger partial charge in [0.1, 0.15) is 0 Å². The number of aromatic nitrogens is 3. The van der Waals surface area contributed by atoms with Crippen LogP contribution in [0.15, 0.2) is 47.1 Å². The summed E-state index contributed by atoms with van der Waals surface area (Å²) >= 11 is 1.40. The first-order valence-electron chi connectivity index (χ1n) is 8.49. The molecule has 3 aromatic rings. The average molecular weight is 400 g/mol. The Labute approximate surface area is 166 Å². The summed E-state index contributed by atoms with van der Waals surface area (Å²) in [4.78, 5) is 20.4. The van der Waals surface area contributed by atoms with E-state index in [-0.39, 0.29) is 5.91 Å². The quantitative estimate of drug-likeness (QED) is 0.585. The van der Waals surface area contributed by atoms with Crippen molar-refractivity contribution in [3.63, 3.8) is 0 Å². The standard InChI is InChI=1S/C19H20N4O4S/c1-25-15-7-6-13(9-16(15)26-2)19-22-18(27-23-19)12-28-11-17(24)21-10-14-5-3-4-8-20-14/h3-9H,10-12H2,1-2H3,(H,21,24). The summed E-state index contributed by atoms with van der Waals surface area (Å²) in [5, 5.41) is 6.81. The van der Waals surface area contributed by atoms with Crippen LogP contribution in [-0.2, 0) is 17.1 Å². The smallest absolute Gasteiger partial charge is 0.236 e. The molecule has 146 valence electrons. The second-order valence-corrected chi connectivity index (χ2v) is 6.66. The van der Waals surface area contributed by atoms with E-state index >= 15 is 0 Å². The average Bonchev–Trinajstić information content (AvgIpc) is 3.21. The highest BCUT2D eigenvalue weighted by molar-refractivity contribution is 7.99. The molecule has 0 spiro atoms. The van der Waals surface area contributed by atoms with Crippen molar-refractivity contribution < 1.29 is 18.8 Å². The van der Waals surface area contributed by atoms with Gasteiger partial charge in [-0.15, -0.1) is 11.8 Å². The Bertz CT molecular complexity index is 917. The van der Waals surface area contributed by atoms with Gasteiger partial charge < -0.3 is 19.3 Å². The van der Waals surface area contributed by atoms with E-state index in [2.05, 4.69) is 20.4 Å². The summed E-state index contributed by atoms with van der Waals surface area (Å²) in [7, 11) is 3.15. The number of nitrogens with zero attached hydrogens (tertiary/aromatic N) is 3. The molecular weight excluding hydrogens is 380 g/mol. The van der Waals surface area contributed by atoms with Crippen molar-refractivity contribution in [1.29, 1.82) is 0 Å². The Balaban J connectivity index is 1.49. The Morgan fingerprint density at radius 2 is 2.04 bits per heavy atom. The van der Waals surface area contributed by atoms with Crippen LogP contribution in [0.25, 0.3) is 11.4 Å². The lowest BCUT2D eigenvalue weighted by Gasteiger charge is -2.07. The molecule has 8 nitrogen and oxygen atoms in total. The summed E-state index contributed by atoms with van der Waals surface area (Å²) < 4.78 is 15.8. The van der Waals surface area contributed by atoms with Crippen LogP contribution in [0.2, 0.25) is 0 Å². The highest BCUT2D eigenvalue weighted by Gasteiger charge is 2.12. The van der Waals surface area contributed by atoms with Gasteiger partial charge in [0.15, 0.2) is 11.5 Å². The number of amides is 1. The van der Waals surface area contributed by atoms with Crippen LogP contribution >= 0.6 is 11.8 Å². The summed E-state index contributed by atoms with van der Waals surface area (Å²) in [6.45, 7) is 0.407. The molecule has 3 rings (SSSR count). The van der Waals surface area contributed by atoms with Crippen LogP contribution in [0.3, 0.4) is 0 Å². The summed E-state index contributed by atoms with van der Waals surface area (Å²) in [6.07, 6.45) is 1.70. The number of hydrogen-bond donors (Lipinski definition) is 1. The molecule has 9 heteroatoms. The van der Waals surface area contributed by atoms with Gasteiger partial charge in [0.05, 0.1) is 38.0 Å². The van der Waals surface area contributed by atoms with Crippen molar-refractivity contribution in [2.24, 2.45) is 0 Å². The van der Waals surface area contributed by atoms with Crippen LogP contribution in [0, 0.1) is 0 Å². The molecule has 1 N–H and O–H groups in total. The molecule has 1 amide bonds. The van der Waals surface area contributed by atoms with Gasteiger partial charge >= 0.3 is 0 Å². The molecule has 0 aliphatic carbocycles. The maximum Gasteiger partial charge on any atom is 0.236 e. The lowest BCUT2D eigenvalue weighted by atomic mass is 10.2. The molecular formula is C19H20N4O4S. The molecule has 0 unspecified atom stereocenters. The zero-order valence-electron chi connectivity index (χ0n) is 15.5. The Morgan fingerprint density at radius 1 is 1.18 bits per heavy atom. The number of methoxy groups -OCH3 is 2. The second kappa shape index (κ2) is 9.75. The molecule has 1 aromatic carbocycles. The normalized spacial score (nSPS) is 10.5. The van der Waals surface area contributed by atoms with Gasteiger partial charge in [-0.05, 0) is 30.3 Å². The van der Waals surface area contributed by atoms with E-state index < -0.39 is 0 Å². The Kier molecular flexibility index (Phi) is 6.85. The summed E-state index contributed by atoms with van der Waals surface area (Å²) in [6, 6.07) is 11.0. The minimum atomic E-state index is -0.0738. The predicted molar refractivity (Wildman–Crippen MR) is 105 cm³/mol. The molecule has 0 bridgehead atoms. The van der Waals surface area contributed by atoms with E-state index in [1.807, 2.05) is 24.3 Å². The van der Waals surface area contributed by atoms with E-state index in [0.717, 1.165) is 11.3 Å². The Morgan fingerprint density at radius 3 is 2.79 bits per heavy atom. The van der Waals surface area contributed by atoms with Gasteiger partial charge in [-0.3, -0.25) is 9.78 Å². The fourth-order valence-electron chi connectivity index (χ4n) is 2.38. The highest BCUT2D eigenvalue weighted by Crippen LogP contribution is 2.31. The van der Waals surface area contributed by atoms with Crippen LogP contribution in [0.1, 0.15) is 11.6 Å². The van der Waals surface area contributed by atoms with Crippen molar-refractivity contribution >= 4 is 17.7 Å². The maximum absolute atomic E-state index is 11.9. The largest absolute Gasteiger partial charge is 0.493 e. The fraction of sp³-hybridized carbons (Fsp3) is 0.263. The third-order valence-electron chi connectivity index (χ3n) is 3.76. The van der Waals surface area contributed by atoms with E-state index in [0.29, 0.717) is 41.3 Å². The number of pyridine rings is 1. The topological polar surface area (TPSA) is 99.4 Å². The molecule has 28 heavy (non-hydrogen) atoms. The van der Waals surface area contributed by atoms with E-state index in [1.165, 1.54) is 11.8 Å².